The second-order valence-corrected chi connectivity index (χ2v) is 5.45. The molecule has 0 heterocycles. The van der Waals surface area contributed by atoms with Crippen molar-refractivity contribution in [3.05, 3.63) is 42.0 Å². The van der Waals surface area contributed by atoms with E-state index in [-0.39, 0.29) is 6.03 Å². The van der Waals surface area contributed by atoms with Crippen LogP contribution in [0.1, 0.15) is 5.56 Å². The number of nitrogens with one attached hydrogen (secondary N) is 2. The maximum Gasteiger partial charge on any atom is 0.319 e. The van der Waals surface area contributed by atoms with Crippen LogP contribution in [0.2, 0.25) is 0 Å². The van der Waals surface area contributed by atoms with Crippen molar-refractivity contribution in [2.24, 2.45) is 0 Å². The Bertz CT molecular complexity index is 749. The van der Waals surface area contributed by atoms with Gasteiger partial charge in [-0.15, -0.1) is 0 Å². The van der Waals surface area contributed by atoms with Gasteiger partial charge in [0.25, 0.3) is 0 Å². The van der Waals surface area contributed by atoms with Crippen LogP contribution in [0.5, 0.6) is 23.0 Å². The zero-order chi connectivity index (χ0) is 18.9. The standard InChI is InChI=1S/C19H24N2O5/c1-13-5-7-17(18(11-13)25-4)26-10-9-20-19(22)21-15-12-14(23-2)6-8-16(15)24-3/h5-8,11-12H,9-10H2,1-4H3,(H2,20,21,22). The number of hydrogen-bond donors (Lipinski definition) is 2. The molecule has 0 aliphatic carbocycles. The average molecular weight is 360 g/mol. The van der Waals surface area contributed by atoms with Crippen LogP contribution >= 0.6 is 0 Å². The first-order valence-electron chi connectivity index (χ1n) is 8.11. The van der Waals surface area contributed by atoms with E-state index in [1.807, 2.05) is 25.1 Å². The van der Waals surface area contributed by atoms with Crippen LogP contribution in [-0.2, 0) is 0 Å². The largest absolute Gasteiger partial charge is 0.497 e. The van der Waals surface area contributed by atoms with Crippen LogP contribution in [0.25, 0.3) is 0 Å². The molecule has 2 N–H and O–H groups in total. The van der Waals surface area contributed by atoms with Gasteiger partial charge in [0, 0.05) is 6.07 Å². The Balaban J connectivity index is 1.84. The van der Waals surface area contributed by atoms with Gasteiger partial charge < -0.3 is 29.6 Å². The predicted molar refractivity (Wildman–Crippen MR) is 99.8 cm³/mol. The Hall–Kier alpha value is -3.09. The van der Waals surface area contributed by atoms with Gasteiger partial charge in [-0.1, -0.05) is 6.07 Å². The van der Waals surface area contributed by atoms with Crippen molar-refractivity contribution in [1.82, 2.24) is 5.32 Å². The van der Waals surface area contributed by atoms with E-state index in [2.05, 4.69) is 10.6 Å². The van der Waals surface area contributed by atoms with Gasteiger partial charge in [0.05, 0.1) is 33.6 Å². The molecule has 0 unspecified atom stereocenters. The van der Waals surface area contributed by atoms with Crippen LogP contribution in [0, 0.1) is 6.92 Å². The average Bonchev–Trinajstić information content (AvgIpc) is 2.65. The maximum absolute atomic E-state index is 12.1. The molecule has 0 radical (unpaired) electrons. The molecule has 0 saturated carbocycles. The molecule has 0 aliphatic heterocycles. The zero-order valence-corrected chi connectivity index (χ0v) is 15.4. The van der Waals surface area contributed by atoms with Crippen LogP contribution in [0.4, 0.5) is 10.5 Å². The monoisotopic (exact) mass is 360 g/mol. The Labute approximate surface area is 153 Å². The SMILES string of the molecule is COc1ccc(OC)c(NC(=O)NCCOc2ccc(C)cc2OC)c1. The first-order valence-corrected chi connectivity index (χ1v) is 8.11. The molecule has 0 aliphatic rings. The molecule has 0 aromatic heterocycles. The fourth-order valence-electron chi connectivity index (χ4n) is 2.30. The highest BCUT2D eigenvalue weighted by atomic mass is 16.5. The molecular weight excluding hydrogens is 336 g/mol. The van der Waals surface area contributed by atoms with Crippen molar-refractivity contribution < 1.29 is 23.7 Å². The molecule has 0 spiro atoms. The molecular formula is C19H24N2O5. The van der Waals surface area contributed by atoms with E-state index in [4.69, 9.17) is 18.9 Å². The lowest BCUT2D eigenvalue weighted by molar-refractivity contribution is 0.246. The summed E-state index contributed by atoms with van der Waals surface area (Å²) in [7, 11) is 4.69. The quantitative estimate of drug-likeness (QED) is 0.707. The molecule has 0 bridgehead atoms. The lowest BCUT2D eigenvalue weighted by Crippen LogP contribution is -2.32. The van der Waals surface area contributed by atoms with Crippen LogP contribution < -0.4 is 29.6 Å². The molecule has 140 valence electrons. The maximum atomic E-state index is 12.1. The lowest BCUT2D eigenvalue weighted by atomic mass is 10.2. The number of amides is 2. The number of anilines is 1. The van der Waals surface area contributed by atoms with Gasteiger partial charge in [0.15, 0.2) is 11.5 Å². The molecule has 7 heteroatoms. The van der Waals surface area contributed by atoms with Crippen molar-refractivity contribution in [2.45, 2.75) is 6.92 Å². The van der Waals surface area contributed by atoms with E-state index < -0.39 is 0 Å². The van der Waals surface area contributed by atoms with E-state index in [1.165, 1.54) is 7.11 Å². The summed E-state index contributed by atoms with van der Waals surface area (Å²) in [6.07, 6.45) is 0. The normalized spacial score (nSPS) is 10.0. The van der Waals surface area contributed by atoms with Gasteiger partial charge in [-0.3, -0.25) is 0 Å². The summed E-state index contributed by atoms with van der Waals surface area (Å²) in [6, 6.07) is 10.5. The molecule has 7 nitrogen and oxygen atoms in total. The van der Waals surface area contributed by atoms with Gasteiger partial charge in [-0.05, 0) is 36.8 Å². The third-order valence-electron chi connectivity index (χ3n) is 3.62. The Morgan fingerprint density at radius 1 is 0.923 bits per heavy atom. The summed E-state index contributed by atoms with van der Waals surface area (Å²) in [5.41, 5.74) is 1.60. The summed E-state index contributed by atoms with van der Waals surface area (Å²) < 4.78 is 21.3. The second-order valence-electron chi connectivity index (χ2n) is 5.45. The first kappa shape index (κ1) is 19.2. The van der Waals surface area contributed by atoms with Crippen molar-refractivity contribution in [3.63, 3.8) is 0 Å². The highest BCUT2D eigenvalue weighted by molar-refractivity contribution is 5.91. The zero-order valence-electron chi connectivity index (χ0n) is 15.4. The van der Waals surface area contributed by atoms with Gasteiger partial charge >= 0.3 is 6.03 Å². The number of rotatable bonds is 8. The number of benzene rings is 2. The molecule has 2 amide bonds. The summed E-state index contributed by atoms with van der Waals surface area (Å²) >= 11 is 0. The smallest absolute Gasteiger partial charge is 0.319 e. The predicted octanol–water partition coefficient (Wildman–Crippen LogP) is 3.22. The topological polar surface area (TPSA) is 78.1 Å². The molecule has 0 atom stereocenters. The van der Waals surface area contributed by atoms with Gasteiger partial charge in [-0.2, -0.15) is 0 Å². The minimum absolute atomic E-state index is 0.308. The number of aryl methyl sites for hydroxylation is 1. The van der Waals surface area contributed by atoms with E-state index in [0.29, 0.717) is 41.8 Å². The highest BCUT2D eigenvalue weighted by Gasteiger charge is 2.09. The van der Waals surface area contributed by atoms with Crippen molar-refractivity contribution >= 4 is 11.7 Å². The van der Waals surface area contributed by atoms with Crippen molar-refractivity contribution in [2.75, 3.05) is 39.8 Å². The molecule has 26 heavy (non-hydrogen) atoms. The first-order chi connectivity index (χ1) is 12.6. The minimum Gasteiger partial charge on any atom is -0.497 e. The van der Waals surface area contributed by atoms with Crippen LogP contribution in [-0.4, -0.2) is 40.5 Å². The second kappa shape index (κ2) is 9.41. The molecule has 2 aromatic rings. The van der Waals surface area contributed by atoms with Gasteiger partial charge in [0.2, 0.25) is 0 Å². The van der Waals surface area contributed by atoms with E-state index >= 15 is 0 Å². The third-order valence-corrected chi connectivity index (χ3v) is 3.62. The summed E-state index contributed by atoms with van der Waals surface area (Å²) in [5.74, 6) is 2.46. The summed E-state index contributed by atoms with van der Waals surface area (Å²) in [5, 5.41) is 5.46. The number of carbonyl (C=O) groups is 1. The Morgan fingerprint density at radius 3 is 2.35 bits per heavy atom. The third kappa shape index (κ3) is 5.20. The molecule has 0 saturated heterocycles. The molecule has 2 aromatic carbocycles. The Kier molecular flexibility index (Phi) is 6.96. The minimum atomic E-state index is -0.365. The van der Waals surface area contributed by atoms with Crippen molar-refractivity contribution in [1.29, 1.82) is 0 Å². The number of carbonyl (C=O) groups excluding carboxylic acids is 1. The lowest BCUT2D eigenvalue weighted by Gasteiger charge is -2.13. The number of urea groups is 1. The van der Waals surface area contributed by atoms with Crippen molar-refractivity contribution in [3.8, 4) is 23.0 Å². The summed E-state index contributed by atoms with van der Waals surface area (Å²) in [6.45, 7) is 2.61. The summed E-state index contributed by atoms with van der Waals surface area (Å²) in [4.78, 5) is 12.1. The van der Waals surface area contributed by atoms with E-state index in [0.717, 1.165) is 5.56 Å². The van der Waals surface area contributed by atoms with Crippen LogP contribution in [0.15, 0.2) is 36.4 Å². The number of hydrogen-bond acceptors (Lipinski definition) is 5. The Morgan fingerprint density at radius 2 is 1.65 bits per heavy atom. The van der Waals surface area contributed by atoms with E-state index in [9.17, 15) is 4.79 Å². The van der Waals surface area contributed by atoms with E-state index in [1.54, 1.807) is 32.4 Å². The highest BCUT2D eigenvalue weighted by Crippen LogP contribution is 2.29. The van der Waals surface area contributed by atoms with Gasteiger partial charge in [-0.25, -0.2) is 4.79 Å². The molecule has 0 fully saturated rings. The fourth-order valence-corrected chi connectivity index (χ4v) is 2.30. The van der Waals surface area contributed by atoms with Gasteiger partial charge in [0.1, 0.15) is 18.1 Å². The number of ether oxygens (including phenoxy) is 4. The molecule has 2 rings (SSSR count). The fraction of sp³-hybridized carbons (Fsp3) is 0.316. The van der Waals surface area contributed by atoms with Crippen LogP contribution in [0.3, 0.4) is 0 Å². The number of methoxy groups -OCH3 is 3.